The molecule has 2 heterocycles. The molecule has 0 aliphatic rings. The van der Waals surface area contributed by atoms with Crippen molar-refractivity contribution in [1.82, 2.24) is 14.5 Å². The van der Waals surface area contributed by atoms with Gasteiger partial charge in [-0.3, -0.25) is 24.5 Å². The first kappa shape index (κ1) is 20.8. The van der Waals surface area contributed by atoms with Crippen molar-refractivity contribution in [3.8, 4) is 0 Å². The molecular weight excluding hydrogens is 392 g/mol. The number of aryl methyl sites for hydroxylation is 2. The van der Waals surface area contributed by atoms with Gasteiger partial charge in [0.25, 0.3) is 11.5 Å². The van der Waals surface area contributed by atoms with Crippen molar-refractivity contribution in [3.05, 3.63) is 63.3 Å². The van der Waals surface area contributed by atoms with E-state index in [-0.39, 0.29) is 29.4 Å². The van der Waals surface area contributed by atoms with Crippen molar-refractivity contribution in [2.45, 2.75) is 13.8 Å². The fourth-order valence-corrected chi connectivity index (χ4v) is 3.76. The summed E-state index contributed by atoms with van der Waals surface area (Å²) >= 11 is 1.36. The van der Waals surface area contributed by atoms with Crippen LogP contribution in [0.2, 0.25) is 0 Å². The minimum atomic E-state index is -0.479. The molecule has 1 aromatic carbocycles. The van der Waals surface area contributed by atoms with Gasteiger partial charge in [0.05, 0.1) is 17.7 Å². The largest absolute Gasteiger partial charge is 0.396 e. The van der Waals surface area contributed by atoms with Crippen LogP contribution >= 0.6 is 11.8 Å². The van der Waals surface area contributed by atoms with Gasteiger partial charge in [-0.15, -0.1) is 0 Å². The molecule has 29 heavy (non-hydrogen) atoms. The van der Waals surface area contributed by atoms with E-state index in [0.717, 1.165) is 4.68 Å². The monoisotopic (exact) mass is 414 g/mol. The van der Waals surface area contributed by atoms with Gasteiger partial charge in [0.2, 0.25) is 0 Å². The number of ketones is 1. The Bertz CT molecular complexity index is 1150. The number of rotatable bonds is 7. The minimum Gasteiger partial charge on any atom is -0.396 e. The molecule has 0 aliphatic carbocycles. The van der Waals surface area contributed by atoms with Crippen LogP contribution in [0.5, 0.6) is 0 Å². The van der Waals surface area contributed by atoms with E-state index < -0.39 is 5.91 Å². The Hall–Kier alpha value is -2.91. The smallest absolute Gasteiger partial charge is 0.291 e. The number of carbonyl (C=O) groups excluding carboxylic acids is 2. The zero-order chi connectivity index (χ0) is 21.1. The van der Waals surface area contributed by atoms with E-state index in [1.54, 1.807) is 48.9 Å². The molecule has 0 atom stereocenters. The number of aliphatic hydroxyl groups excluding tert-OH is 1. The highest BCUT2D eigenvalue weighted by atomic mass is 32.2. The Kier molecular flexibility index (Phi) is 6.19. The second kappa shape index (κ2) is 8.62. The first-order valence-corrected chi connectivity index (χ1v) is 10.2. The minimum absolute atomic E-state index is 0.0214. The fourth-order valence-electron chi connectivity index (χ4n) is 3.15. The zero-order valence-electron chi connectivity index (χ0n) is 16.4. The van der Waals surface area contributed by atoms with Crippen molar-refractivity contribution in [1.29, 1.82) is 0 Å². The molecule has 3 aromatic rings. The molecule has 0 unspecified atom stereocenters. The van der Waals surface area contributed by atoms with Gasteiger partial charge in [-0.1, -0.05) is 18.2 Å². The zero-order valence-corrected chi connectivity index (χ0v) is 17.2. The SMILES string of the molecule is Cc1cc(C(=O)CSCCO)c(C)n1NC(=O)c1nn(C)c(=O)c2ccccc12. The second-order valence-corrected chi connectivity index (χ2v) is 7.69. The molecule has 0 saturated heterocycles. The number of nitrogens with one attached hydrogen (secondary N) is 1. The third-order valence-electron chi connectivity index (χ3n) is 4.59. The summed E-state index contributed by atoms with van der Waals surface area (Å²) in [5.74, 6) is 0.202. The first-order chi connectivity index (χ1) is 13.8. The maximum atomic E-state index is 13.0. The summed E-state index contributed by atoms with van der Waals surface area (Å²) in [6.45, 7) is 3.56. The molecule has 8 nitrogen and oxygen atoms in total. The Morgan fingerprint density at radius 1 is 1.21 bits per heavy atom. The predicted molar refractivity (Wildman–Crippen MR) is 113 cm³/mol. The van der Waals surface area contributed by atoms with Crippen molar-refractivity contribution < 1.29 is 14.7 Å². The molecule has 0 saturated carbocycles. The molecule has 1 amide bonds. The lowest BCUT2D eigenvalue weighted by Crippen LogP contribution is -2.30. The van der Waals surface area contributed by atoms with Crippen LogP contribution in [0.1, 0.15) is 32.2 Å². The summed E-state index contributed by atoms with van der Waals surface area (Å²) in [7, 11) is 1.50. The quantitative estimate of drug-likeness (QED) is 0.450. The van der Waals surface area contributed by atoms with Gasteiger partial charge >= 0.3 is 0 Å². The number of amides is 1. The Labute approximate surface area is 171 Å². The standard InChI is InChI=1S/C20H22N4O4S/c1-12-10-16(17(26)11-29-9-8-25)13(2)24(12)22-19(27)18-14-6-4-5-7-15(14)20(28)23(3)21-18/h4-7,10,25H,8-9,11H2,1-3H3,(H,22,27). The number of nitrogens with zero attached hydrogens (tertiary/aromatic N) is 3. The summed E-state index contributed by atoms with van der Waals surface area (Å²) < 4.78 is 2.69. The molecule has 0 bridgehead atoms. The van der Waals surface area contributed by atoms with E-state index in [0.29, 0.717) is 33.5 Å². The maximum Gasteiger partial charge on any atom is 0.291 e. The lowest BCUT2D eigenvalue weighted by molar-refractivity contribution is 0.0995. The van der Waals surface area contributed by atoms with E-state index in [1.165, 1.54) is 18.8 Å². The summed E-state index contributed by atoms with van der Waals surface area (Å²) in [5, 5.41) is 13.9. The van der Waals surface area contributed by atoms with E-state index in [9.17, 15) is 14.4 Å². The van der Waals surface area contributed by atoms with Gasteiger partial charge in [0.15, 0.2) is 11.5 Å². The van der Waals surface area contributed by atoms with Crippen LogP contribution in [-0.2, 0) is 7.05 Å². The van der Waals surface area contributed by atoms with Crippen molar-refractivity contribution >= 4 is 34.2 Å². The molecule has 9 heteroatoms. The Balaban J connectivity index is 1.93. The predicted octanol–water partition coefficient (Wildman–Crippen LogP) is 1.64. The van der Waals surface area contributed by atoms with Crippen LogP contribution in [0.15, 0.2) is 35.1 Å². The molecule has 0 fully saturated rings. The number of benzene rings is 1. The normalized spacial score (nSPS) is 11.0. The van der Waals surface area contributed by atoms with E-state index in [1.807, 2.05) is 0 Å². The molecule has 2 aromatic heterocycles. The van der Waals surface area contributed by atoms with E-state index >= 15 is 0 Å². The highest BCUT2D eigenvalue weighted by Gasteiger charge is 2.20. The van der Waals surface area contributed by atoms with Crippen molar-refractivity contribution in [2.75, 3.05) is 23.5 Å². The molecule has 0 radical (unpaired) electrons. The molecule has 0 spiro atoms. The Morgan fingerprint density at radius 3 is 2.59 bits per heavy atom. The van der Waals surface area contributed by atoms with Crippen LogP contribution in [0, 0.1) is 13.8 Å². The average molecular weight is 414 g/mol. The van der Waals surface area contributed by atoms with Crippen LogP contribution in [-0.4, -0.2) is 49.4 Å². The third-order valence-corrected chi connectivity index (χ3v) is 5.52. The van der Waals surface area contributed by atoms with Crippen LogP contribution in [0.25, 0.3) is 10.8 Å². The number of aliphatic hydroxyl groups is 1. The van der Waals surface area contributed by atoms with Gasteiger partial charge in [-0.25, -0.2) is 4.68 Å². The Morgan fingerprint density at radius 2 is 1.90 bits per heavy atom. The van der Waals surface area contributed by atoms with Gasteiger partial charge in [-0.2, -0.15) is 16.9 Å². The van der Waals surface area contributed by atoms with Gasteiger partial charge in [0.1, 0.15) is 0 Å². The number of fused-ring (bicyclic) bond motifs is 1. The molecule has 2 N–H and O–H groups in total. The lowest BCUT2D eigenvalue weighted by atomic mass is 10.1. The summed E-state index contributed by atoms with van der Waals surface area (Å²) in [4.78, 5) is 37.7. The maximum absolute atomic E-state index is 13.0. The number of aromatic nitrogens is 3. The van der Waals surface area contributed by atoms with Crippen LogP contribution in [0.3, 0.4) is 0 Å². The third kappa shape index (κ3) is 4.10. The second-order valence-electron chi connectivity index (χ2n) is 6.58. The number of carbonyl (C=O) groups is 2. The molecule has 152 valence electrons. The van der Waals surface area contributed by atoms with Crippen molar-refractivity contribution in [3.63, 3.8) is 0 Å². The van der Waals surface area contributed by atoms with Crippen molar-refractivity contribution in [2.24, 2.45) is 7.05 Å². The van der Waals surface area contributed by atoms with Gasteiger partial charge in [0, 0.05) is 35.1 Å². The lowest BCUT2D eigenvalue weighted by Gasteiger charge is -2.13. The highest BCUT2D eigenvalue weighted by Crippen LogP contribution is 2.18. The molecule has 0 aliphatic heterocycles. The topological polar surface area (TPSA) is 106 Å². The number of hydrogen-bond donors (Lipinski definition) is 2. The number of thioether (sulfide) groups is 1. The fraction of sp³-hybridized carbons (Fsp3) is 0.300. The number of hydrogen-bond acceptors (Lipinski definition) is 6. The van der Waals surface area contributed by atoms with Crippen LogP contribution < -0.4 is 11.0 Å². The van der Waals surface area contributed by atoms with E-state index in [2.05, 4.69) is 10.5 Å². The number of Topliss-reactive ketones (excluding diaryl/α,β-unsaturated/α-hetero) is 1. The first-order valence-electron chi connectivity index (χ1n) is 9.03. The molecule has 3 rings (SSSR count). The molecular formula is C20H22N4O4S. The van der Waals surface area contributed by atoms with Gasteiger partial charge < -0.3 is 5.11 Å². The summed E-state index contributed by atoms with van der Waals surface area (Å²) in [6, 6.07) is 8.54. The van der Waals surface area contributed by atoms with E-state index in [4.69, 9.17) is 5.11 Å². The van der Waals surface area contributed by atoms with Gasteiger partial charge in [-0.05, 0) is 26.0 Å². The summed E-state index contributed by atoms with van der Waals surface area (Å²) in [5.41, 5.74) is 4.45. The summed E-state index contributed by atoms with van der Waals surface area (Å²) in [6.07, 6.45) is 0. The highest BCUT2D eigenvalue weighted by molar-refractivity contribution is 8.00. The average Bonchev–Trinajstić information content (AvgIpc) is 2.99. The van der Waals surface area contributed by atoms with Crippen LogP contribution in [0.4, 0.5) is 0 Å².